The summed E-state index contributed by atoms with van der Waals surface area (Å²) in [5, 5.41) is 4.89. The highest BCUT2D eigenvalue weighted by atomic mass is 35.5. The van der Waals surface area contributed by atoms with Crippen LogP contribution >= 0.6 is 22.9 Å². The van der Waals surface area contributed by atoms with Gasteiger partial charge in [0.2, 0.25) is 0 Å². The van der Waals surface area contributed by atoms with E-state index in [1.165, 1.54) is 12.6 Å². The Labute approximate surface area is 161 Å². The van der Waals surface area contributed by atoms with E-state index in [-0.39, 0.29) is 27.9 Å². The summed E-state index contributed by atoms with van der Waals surface area (Å²) in [5.41, 5.74) is 6.47. The van der Waals surface area contributed by atoms with E-state index in [1.54, 1.807) is 5.38 Å². The standard InChI is InChI=1S/C16H20ClFN4O2S2/c17-11-8-14(26(23,24)22-16-20-6-7-25-16)12(18)9-13(11)21-15(19)10-4-2-1-3-5-10/h6-10,15,21H,1-5,19H2,(H,20,22)/t15-/m1/s1. The summed E-state index contributed by atoms with van der Waals surface area (Å²) in [6.45, 7) is 0. The molecule has 1 heterocycles. The number of thiazole rings is 1. The van der Waals surface area contributed by atoms with Crippen LogP contribution in [-0.2, 0) is 10.0 Å². The zero-order valence-electron chi connectivity index (χ0n) is 13.9. The molecule has 1 fully saturated rings. The Bertz CT molecular complexity index is 855. The number of sulfonamides is 1. The van der Waals surface area contributed by atoms with E-state index >= 15 is 0 Å². The third kappa shape index (κ3) is 4.46. The molecule has 0 bridgehead atoms. The molecule has 3 rings (SSSR count). The molecule has 1 aromatic carbocycles. The van der Waals surface area contributed by atoms with E-state index in [1.807, 2.05) is 0 Å². The maximum absolute atomic E-state index is 14.5. The molecule has 142 valence electrons. The highest BCUT2D eigenvalue weighted by Crippen LogP contribution is 2.32. The first-order chi connectivity index (χ1) is 12.4. The number of benzene rings is 1. The number of anilines is 2. The normalized spacial score (nSPS) is 17.0. The first-order valence-electron chi connectivity index (χ1n) is 8.30. The first-order valence-corrected chi connectivity index (χ1v) is 11.0. The van der Waals surface area contributed by atoms with Gasteiger partial charge in [0.1, 0.15) is 10.7 Å². The van der Waals surface area contributed by atoms with Gasteiger partial charge in [0, 0.05) is 11.6 Å². The molecule has 0 spiro atoms. The van der Waals surface area contributed by atoms with Crippen molar-refractivity contribution in [2.75, 3.05) is 10.0 Å². The minimum absolute atomic E-state index is 0.0946. The number of hydrogen-bond acceptors (Lipinski definition) is 6. The van der Waals surface area contributed by atoms with E-state index in [0.717, 1.165) is 49.2 Å². The average molecular weight is 419 g/mol. The number of nitrogens with zero attached hydrogens (tertiary/aromatic N) is 1. The maximum Gasteiger partial charge on any atom is 0.266 e. The summed E-state index contributed by atoms with van der Waals surface area (Å²) < 4.78 is 41.4. The van der Waals surface area contributed by atoms with Crippen molar-refractivity contribution in [3.05, 3.63) is 34.5 Å². The SMILES string of the molecule is N[C@H](Nc1cc(F)c(S(=O)(=O)Nc2nccs2)cc1Cl)C1CCCCC1. The molecule has 0 aliphatic heterocycles. The molecular formula is C16H20ClFN4O2S2. The fourth-order valence-corrected chi connectivity index (χ4v) is 5.24. The predicted octanol–water partition coefficient (Wildman–Crippen LogP) is 4.01. The van der Waals surface area contributed by atoms with Crippen LogP contribution in [0, 0.1) is 11.7 Å². The van der Waals surface area contributed by atoms with Gasteiger partial charge < -0.3 is 11.1 Å². The fraction of sp³-hybridized carbons (Fsp3) is 0.438. The number of hydrogen-bond donors (Lipinski definition) is 3. The summed E-state index contributed by atoms with van der Waals surface area (Å²) in [6.07, 6.45) is 6.58. The molecule has 0 saturated heterocycles. The highest BCUT2D eigenvalue weighted by molar-refractivity contribution is 7.93. The number of halogens is 2. The topological polar surface area (TPSA) is 97.1 Å². The molecule has 1 aromatic heterocycles. The Morgan fingerprint density at radius 3 is 2.69 bits per heavy atom. The second-order valence-corrected chi connectivity index (χ2v) is 9.23. The molecule has 6 nitrogen and oxygen atoms in total. The maximum atomic E-state index is 14.5. The van der Waals surface area contributed by atoms with Gasteiger partial charge in [-0.1, -0.05) is 30.9 Å². The van der Waals surface area contributed by atoms with Crippen molar-refractivity contribution >= 4 is 43.8 Å². The van der Waals surface area contributed by atoms with Crippen LogP contribution in [0.5, 0.6) is 0 Å². The minimum atomic E-state index is -4.12. The van der Waals surface area contributed by atoms with Gasteiger partial charge in [-0.25, -0.2) is 17.8 Å². The third-order valence-electron chi connectivity index (χ3n) is 4.44. The van der Waals surface area contributed by atoms with Crippen LogP contribution < -0.4 is 15.8 Å². The largest absolute Gasteiger partial charge is 0.368 e. The van der Waals surface area contributed by atoms with Crippen molar-refractivity contribution in [3.63, 3.8) is 0 Å². The van der Waals surface area contributed by atoms with E-state index in [2.05, 4.69) is 15.0 Å². The number of aromatic nitrogens is 1. The van der Waals surface area contributed by atoms with Crippen molar-refractivity contribution in [1.29, 1.82) is 0 Å². The van der Waals surface area contributed by atoms with Crippen LogP contribution in [-0.4, -0.2) is 19.6 Å². The van der Waals surface area contributed by atoms with Crippen molar-refractivity contribution < 1.29 is 12.8 Å². The quantitative estimate of drug-likeness (QED) is 0.615. The zero-order valence-corrected chi connectivity index (χ0v) is 16.3. The van der Waals surface area contributed by atoms with Gasteiger partial charge in [0.15, 0.2) is 5.13 Å². The molecule has 0 amide bonds. The smallest absolute Gasteiger partial charge is 0.266 e. The summed E-state index contributed by atoms with van der Waals surface area (Å²) in [4.78, 5) is 3.30. The lowest BCUT2D eigenvalue weighted by atomic mass is 9.87. The summed E-state index contributed by atoms with van der Waals surface area (Å²) in [7, 11) is -4.12. The van der Waals surface area contributed by atoms with Gasteiger partial charge >= 0.3 is 0 Å². The van der Waals surface area contributed by atoms with Crippen LogP contribution in [0.25, 0.3) is 0 Å². The lowest BCUT2D eigenvalue weighted by Gasteiger charge is -2.29. The molecule has 0 radical (unpaired) electrons. The molecule has 2 aromatic rings. The molecule has 1 atom stereocenters. The van der Waals surface area contributed by atoms with E-state index in [0.29, 0.717) is 0 Å². The fourth-order valence-electron chi connectivity index (χ4n) is 3.08. The third-order valence-corrected chi connectivity index (χ3v) is 6.93. The highest BCUT2D eigenvalue weighted by Gasteiger charge is 2.25. The number of rotatable bonds is 6. The van der Waals surface area contributed by atoms with E-state index in [4.69, 9.17) is 17.3 Å². The molecule has 26 heavy (non-hydrogen) atoms. The minimum Gasteiger partial charge on any atom is -0.368 e. The Kier molecular flexibility index (Phi) is 6.01. The van der Waals surface area contributed by atoms with Gasteiger partial charge in [-0.05, 0) is 30.9 Å². The van der Waals surface area contributed by atoms with Crippen LogP contribution in [0.3, 0.4) is 0 Å². The molecule has 1 aliphatic carbocycles. The van der Waals surface area contributed by atoms with Gasteiger partial charge in [-0.3, -0.25) is 4.72 Å². The van der Waals surface area contributed by atoms with Crippen LogP contribution in [0.15, 0.2) is 28.6 Å². The van der Waals surface area contributed by atoms with Crippen molar-refractivity contribution in [1.82, 2.24) is 4.98 Å². The Hall–Kier alpha value is -1.42. The van der Waals surface area contributed by atoms with E-state index in [9.17, 15) is 12.8 Å². The molecule has 0 unspecified atom stereocenters. The summed E-state index contributed by atoms with van der Waals surface area (Å²) >= 11 is 7.28. The lowest BCUT2D eigenvalue weighted by Crippen LogP contribution is -2.38. The molecular weight excluding hydrogens is 399 g/mol. The Morgan fingerprint density at radius 2 is 2.04 bits per heavy atom. The summed E-state index contributed by atoms with van der Waals surface area (Å²) in [6, 6.07) is 2.16. The molecule has 10 heteroatoms. The van der Waals surface area contributed by atoms with Crippen molar-refractivity contribution in [2.45, 2.75) is 43.2 Å². The van der Waals surface area contributed by atoms with Gasteiger partial charge in [0.05, 0.1) is 16.9 Å². The summed E-state index contributed by atoms with van der Waals surface area (Å²) in [5.74, 6) is -0.616. The monoisotopic (exact) mass is 418 g/mol. The van der Waals surface area contributed by atoms with Crippen LogP contribution in [0.1, 0.15) is 32.1 Å². The second kappa shape index (κ2) is 8.08. The average Bonchev–Trinajstić information content (AvgIpc) is 3.10. The first kappa shape index (κ1) is 19.3. The Balaban J connectivity index is 1.79. The van der Waals surface area contributed by atoms with E-state index < -0.39 is 20.7 Å². The molecule has 1 aliphatic rings. The molecule has 1 saturated carbocycles. The van der Waals surface area contributed by atoms with Crippen LogP contribution in [0.2, 0.25) is 5.02 Å². The number of nitrogens with two attached hydrogens (primary N) is 1. The second-order valence-electron chi connectivity index (χ2n) is 6.27. The van der Waals surface area contributed by atoms with Gasteiger partial charge in [-0.2, -0.15) is 0 Å². The van der Waals surface area contributed by atoms with Crippen molar-refractivity contribution in [3.8, 4) is 0 Å². The van der Waals surface area contributed by atoms with Crippen molar-refractivity contribution in [2.24, 2.45) is 11.7 Å². The predicted molar refractivity (Wildman–Crippen MR) is 103 cm³/mol. The zero-order chi connectivity index (χ0) is 18.7. The van der Waals surface area contributed by atoms with Gasteiger partial charge in [-0.15, -0.1) is 11.3 Å². The lowest BCUT2D eigenvalue weighted by molar-refractivity contribution is 0.321. The number of nitrogens with one attached hydrogen (secondary N) is 2. The van der Waals surface area contributed by atoms with Gasteiger partial charge in [0.25, 0.3) is 10.0 Å². The van der Waals surface area contributed by atoms with Crippen LogP contribution in [0.4, 0.5) is 15.2 Å². The Morgan fingerprint density at radius 1 is 1.31 bits per heavy atom. The molecule has 4 N–H and O–H groups in total.